The first-order valence-corrected chi connectivity index (χ1v) is 9.40. The topological polar surface area (TPSA) is 63.3 Å². The average Bonchev–Trinajstić information content (AvgIpc) is 3.20. The lowest BCUT2D eigenvalue weighted by Gasteiger charge is -2.23. The van der Waals surface area contributed by atoms with Gasteiger partial charge in [0, 0.05) is 64.4 Å². The predicted molar refractivity (Wildman–Crippen MR) is 122 cm³/mol. The third-order valence-corrected chi connectivity index (χ3v) is 4.20. The van der Waals surface area contributed by atoms with Crippen LogP contribution in [0.2, 0.25) is 0 Å². The molecule has 152 valence electrons. The first-order chi connectivity index (χ1) is 12.4. The molecule has 7 nitrogen and oxygen atoms in total. The summed E-state index contributed by atoms with van der Waals surface area (Å²) in [4.78, 5) is 7.01. The number of aliphatic imine (C=N–C) groups is 1. The van der Waals surface area contributed by atoms with E-state index in [4.69, 9.17) is 4.99 Å². The van der Waals surface area contributed by atoms with Gasteiger partial charge < -0.3 is 10.2 Å². The van der Waals surface area contributed by atoms with Crippen molar-refractivity contribution in [2.45, 2.75) is 46.7 Å². The minimum atomic E-state index is 0. The molecule has 1 atom stereocenters. The Morgan fingerprint density at radius 2 is 2.07 bits per heavy atom. The molecule has 0 aliphatic heterocycles. The largest absolute Gasteiger partial charge is 0.357 e. The standard InChI is InChI=1S/C19H33N7.HI/c1-7-20-19(21-11-16(4)12-26-10-8-9-22-26)24(5)13-17-14-25(6)23-18(17)15(2)3;/h8-10,14-16H,7,11-13H2,1-6H3,(H,20,21);1H. The van der Waals surface area contributed by atoms with Crippen molar-refractivity contribution in [1.29, 1.82) is 0 Å². The zero-order chi connectivity index (χ0) is 19.1. The quantitative estimate of drug-likeness (QED) is 0.353. The number of aromatic nitrogens is 4. The maximum absolute atomic E-state index is 4.83. The first kappa shape index (κ1) is 23.5. The number of hydrogen-bond donors (Lipinski definition) is 1. The Balaban J connectivity index is 0.00000364. The second kappa shape index (κ2) is 11.3. The van der Waals surface area contributed by atoms with E-state index in [1.807, 2.05) is 34.9 Å². The monoisotopic (exact) mass is 487 g/mol. The van der Waals surface area contributed by atoms with Crippen LogP contribution >= 0.6 is 24.0 Å². The Kier molecular flexibility index (Phi) is 9.82. The molecule has 0 radical (unpaired) electrons. The van der Waals surface area contributed by atoms with Crippen molar-refractivity contribution >= 4 is 29.9 Å². The van der Waals surface area contributed by atoms with Crippen LogP contribution in [-0.4, -0.2) is 50.6 Å². The van der Waals surface area contributed by atoms with Gasteiger partial charge in [-0.05, 0) is 24.8 Å². The normalized spacial score (nSPS) is 12.8. The molecule has 2 rings (SSSR count). The van der Waals surface area contributed by atoms with E-state index in [0.717, 1.165) is 37.8 Å². The molecule has 0 aliphatic rings. The summed E-state index contributed by atoms with van der Waals surface area (Å²) in [7, 11) is 4.06. The summed E-state index contributed by atoms with van der Waals surface area (Å²) in [6.45, 7) is 11.9. The van der Waals surface area contributed by atoms with Gasteiger partial charge in [-0.25, -0.2) is 0 Å². The van der Waals surface area contributed by atoms with E-state index in [1.54, 1.807) is 0 Å². The molecule has 2 heterocycles. The molecule has 27 heavy (non-hydrogen) atoms. The third-order valence-electron chi connectivity index (χ3n) is 4.20. The number of nitrogens with zero attached hydrogens (tertiary/aromatic N) is 6. The van der Waals surface area contributed by atoms with Gasteiger partial charge in [0.05, 0.1) is 5.69 Å². The molecule has 0 amide bonds. The van der Waals surface area contributed by atoms with E-state index in [2.05, 4.69) is 61.4 Å². The minimum absolute atomic E-state index is 0. The van der Waals surface area contributed by atoms with Crippen molar-refractivity contribution in [3.8, 4) is 0 Å². The minimum Gasteiger partial charge on any atom is -0.357 e. The molecule has 0 saturated carbocycles. The summed E-state index contributed by atoms with van der Waals surface area (Å²) < 4.78 is 3.86. The highest BCUT2D eigenvalue weighted by atomic mass is 127. The van der Waals surface area contributed by atoms with Crippen LogP contribution in [0.3, 0.4) is 0 Å². The first-order valence-electron chi connectivity index (χ1n) is 9.40. The average molecular weight is 487 g/mol. The number of halogens is 1. The van der Waals surface area contributed by atoms with Crippen molar-refractivity contribution in [2.24, 2.45) is 18.0 Å². The van der Waals surface area contributed by atoms with Crippen LogP contribution in [0.15, 0.2) is 29.6 Å². The Bertz CT molecular complexity index is 691. The zero-order valence-electron chi connectivity index (χ0n) is 17.4. The molecule has 0 spiro atoms. The fraction of sp³-hybridized carbons (Fsp3) is 0.632. The molecule has 0 saturated heterocycles. The van der Waals surface area contributed by atoms with Gasteiger partial charge in [-0.1, -0.05) is 20.8 Å². The number of guanidine groups is 1. The predicted octanol–water partition coefficient (Wildman–Crippen LogP) is 3.09. The molecule has 2 aromatic heterocycles. The summed E-state index contributed by atoms with van der Waals surface area (Å²) in [6.07, 6.45) is 5.91. The summed E-state index contributed by atoms with van der Waals surface area (Å²) in [5, 5.41) is 12.3. The number of hydrogen-bond acceptors (Lipinski definition) is 3. The van der Waals surface area contributed by atoms with E-state index in [0.29, 0.717) is 11.8 Å². The van der Waals surface area contributed by atoms with Crippen LogP contribution in [0, 0.1) is 5.92 Å². The van der Waals surface area contributed by atoms with Crippen LogP contribution in [0.1, 0.15) is 44.9 Å². The van der Waals surface area contributed by atoms with Crippen molar-refractivity contribution in [3.63, 3.8) is 0 Å². The van der Waals surface area contributed by atoms with E-state index in [9.17, 15) is 0 Å². The van der Waals surface area contributed by atoms with Crippen molar-refractivity contribution < 1.29 is 0 Å². The molecule has 0 bridgehead atoms. The second-order valence-corrected chi connectivity index (χ2v) is 7.25. The molecule has 8 heteroatoms. The van der Waals surface area contributed by atoms with E-state index >= 15 is 0 Å². The second-order valence-electron chi connectivity index (χ2n) is 7.25. The van der Waals surface area contributed by atoms with Gasteiger partial charge in [0.15, 0.2) is 5.96 Å². The van der Waals surface area contributed by atoms with E-state index in [-0.39, 0.29) is 24.0 Å². The van der Waals surface area contributed by atoms with Crippen LogP contribution in [0.4, 0.5) is 0 Å². The summed E-state index contributed by atoms with van der Waals surface area (Å²) in [5.74, 6) is 1.76. The van der Waals surface area contributed by atoms with E-state index < -0.39 is 0 Å². The van der Waals surface area contributed by atoms with Gasteiger partial charge in [0.2, 0.25) is 0 Å². The lowest BCUT2D eigenvalue weighted by molar-refractivity contribution is 0.443. The highest BCUT2D eigenvalue weighted by molar-refractivity contribution is 14.0. The third kappa shape index (κ3) is 7.15. The molecule has 0 aliphatic carbocycles. The van der Waals surface area contributed by atoms with Crippen LogP contribution < -0.4 is 5.32 Å². The van der Waals surface area contributed by atoms with Crippen molar-refractivity contribution in [2.75, 3.05) is 20.1 Å². The fourth-order valence-electron chi connectivity index (χ4n) is 2.99. The Labute approximate surface area is 180 Å². The summed E-state index contributed by atoms with van der Waals surface area (Å²) in [5.41, 5.74) is 2.41. The van der Waals surface area contributed by atoms with Gasteiger partial charge in [0.25, 0.3) is 0 Å². The van der Waals surface area contributed by atoms with Crippen molar-refractivity contribution in [1.82, 2.24) is 29.8 Å². The van der Waals surface area contributed by atoms with Crippen LogP contribution in [-0.2, 0) is 20.1 Å². The van der Waals surface area contributed by atoms with Gasteiger partial charge in [-0.3, -0.25) is 14.4 Å². The maximum Gasteiger partial charge on any atom is 0.193 e. The Hall–Kier alpha value is -1.58. The Morgan fingerprint density at radius 1 is 1.33 bits per heavy atom. The smallest absolute Gasteiger partial charge is 0.193 e. The highest BCUT2D eigenvalue weighted by Crippen LogP contribution is 2.18. The zero-order valence-corrected chi connectivity index (χ0v) is 19.7. The summed E-state index contributed by atoms with van der Waals surface area (Å²) >= 11 is 0. The molecule has 0 aromatic carbocycles. The lowest BCUT2D eigenvalue weighted by Crippen LogP contribution is -2.39. The van der Waals surface area contributed by atoms with Crippen LogP contribution in [0.5, 0.6) is 0 Å². The SMILES string of the molecule is CCNC(=NCC(C)Cn1cccn1)N(C)Cc1cn(C)nc1C(C)C.I. The lowest BCUT2D eigenvalue weighted by atomic mass is 10.1. The van der Waals surface area contributed by atoms with Gasteiger partial charge in [-0.2, -0.15) is 10.2 Å². The van der Waals surface area contributed by atoms with E-state index in [1.165, 1.54) is 5.56 Å². The van der Waals surface area contributed by atoms with Crippen LogP contribution in [0.25, 0.3) is 0 Å². The van der Waals surface area contributed by atoms with Gasteiger partial charge in [0.1, 0.15) is 0 Å². The molecular formula is C19H34IN7. The highest BCUT2D eigenvalue weighted by Gasteiger charge is 2.15. The van der Waals surface area contributed by atoms with Gasteiger partial charge in [-0.15, -0.1) is 24.0 Å². The number of nitrogens with one attached hydrogen (secondary N) is 1. The fourth-order valence-corrected chi connectivity index (χ4v) is 2.99. The molecule has 1 unspecified atom stereocenters. The number of aryl methyl sites for hydroxylation is 1. The molecule has 2 aromatic rings. The molecule has 1 N–H and O–H groups in total. The maximum atomic E-state index is 4.83. The molecule has 0 fully saturated rings. The Morgan fingerprint density at radius 3 is 2.67 bits per heavy atom. The van der Waals surface area contributed by atoms with Crippen molar-refractivity contribution in [3.05, 3.63) is 35.9 Å². The number of rotatable bonds is 8. The summed E-state index contributed by atoms with van der Waals surface area (Å²) in [6, 6.07) is 1.95. The van der Waals surface area contributed by atoms with Gasteiger partial charge >= 0.3 is 0 Å². The molecular weight excluding hydrogens is 453 g/mol.